The third-order valence-corrected chi connectivity index (χ3v) is 6.07. The Hall–Kier alpha value is -3.00. The predicted molar refractivity (Wildman–Crippen MR) is 114 cm³/mol. The van der Waals surface area contributed by atoms with Gasteiger partial charge in [-0.15, -0.1) is 11.3 Å². The summed E-state index contributed by atoms with van der Waals surface area (Å²) in [5.74, 6) is -0.709. The lowest BCUT2D eigenvalue weighted by Gasteiger charge is -2.30. The monoisotopic (exact) mass is 425 g/mol. The van der Waals surface area contributed by atoms with Crippen LogP contribution in [0.15, 0.2) is 52.9 Å². The van der Waals surface area contributed by atoms with E-state index in [0.717, 1.165) is 19.3 Å². The molecule has 1 aromatic carbocycles. The normalized spacial score (nSPS) is 15.1. The van der Waals surface area contributed by atoms with E-state index in [2.05, 4.69) is 4.98 Å². The number of fused-ring (bicyclic) bond motifs is 1. The van der Waals surface area contributed by atoms with Gasteiger partial charge in [0.05, 0.1) is 18.1 Å². The van der Waals surface area contributed by atoms with E-state index in [1.165, 1.54) is 22.2 Å². The number of ether oxygens (including phenoxy) is 1. The minimum atomic E-state index is -0.967. The van der Waals surface area contributed by atoms with Crippen LogP contribution in [-0.2, 0) is 20.9 Å². The third kappa shape index (κ3) is 4.43. The minimum Gasteiger partial charge on any atom is -0.447 e. The molecule has 1 unspecified atom stereocenters. The SMILES string of the molecule is O=C(CCn1cnc2sccc2c1=O)OC(C(=O)N1CCCCC1)c1ccccc1. The van der Waals surface area contributed by atoms with Crippen molar-refractivity contribution in [2.75, 3.05) is 13.1 Å². The average molecular weight is 426 g/mol. The summed E-state index contributed by atoms with van der Waals surface area (Å²) in [7, 11) is 0. The number of hydrogen-bond donors (Lipinski definition) is 0. The smallest absolute Gasteiger partial charge is 0.308 e. The zero-order valence-corrected chi connectivity index (χ0v) is 17.3. The molecule has 0 aliphatic carbocycles. The zero-order chi connectivity index (χ0) is 20.9. The van der Waals surface area contributed by atoms with Gasteiger partial charge in [-0.3, -0.25) is 19.0 Å². The number of nitrogens with zero attached hydrogens (tertiary/aromatic N) is 3. The second-order valence-corrected chi connectivity index (χ2v) is 8.19. The van der Waals surface area contributed by atoms with Crippen LogP contribution in [0.25, 0.3) is 10.2 Å². The van der Waals surface area contributed by atoms with Gasteiger partial charge in [-0.1, -0.05) is 30.3 Å². The van der Waals surface area contributed by atoms with Crippen LogP contribution < -0.4 is 5.56 Å². The summed E-state index contributed by atoms with van der Waals surface area (Å²) in [5, 5.41) is 2.35. The molecule has 0 radical (unpaired) electrons. The molecule has 0 N–H and O–H groups in total. The molecular weight excluding hydrogens is 402 g/mol. The van der Waals surface area contributed by atoms with E-state index in [1.807, 2.05) is 23.6 Å². The van der Waals surface area contributed by atoms with Gasteiger partial charge in [-0.2, -0.15) is 0 Å². The fourth-order valence-corrected chi connectivity index (χ4v) is 4.35. The van der Waals surface area contributed by atoms with Gasteiger partial charge in [0.15, 0.2) is 0 Å². The van der Waals surface area contributed by atoms with E-state index in [0.29, 0.717) is 28.9 Å². The Bertz CT molecular complexity index is 1090. The molecule has 30 heavy (non-hydrogen) atoms. The molecule has 0 bridgehead atoms. The van der Waals surface area contributed by atoms with Crippen molar-refractivity contribution in [1.82, 2.24) is 14.5 Å². The van der Waals surface area contributed by atoms with Crippen LogP contribution in [-0.4, -0.2) is 39.4 Å². The Balaban J connectivity index is 1.46. The molecule has 7 nitrogen and oxygen atoms in total. The quantitative estimate of drug-likeness (QED) is 0.567. The number of aryl methyl sites for hydroxylation is 1. The van der Waals surface area contributed by atoms with Crippen LogP contribution >= 0.6 is 11.3 Å². The fraction of sp³-hybridized carbons (Fsp3) is 0.364. The Kier molecular flexibility index (Phi) is 6.23. The van der Waals surface area contributed by atoms with E-state index >= 15 is 0 Å². The molecule has 1 amide bonds. The Labute approximate surface area is 177 Å². The number of hydrogen-bond acceptors (Lipinski definition) is 6. The van der Waals surface area contributed by atoms with Gasteiger partial charge < -0.3 is 9.64 Å². The highest BCUT2D eigenvalue weighted by Crippen LogP contribution is 2.23. The first-order valence-electron chi connectivity index (χ1n) is 10.1. The summed E-state index contributed by atoms with van der Waals surface area (Å²) < 4.78 is 7.02. The molecule has 3 aromatic rings. The Morgan fingerprint density at radius 3 is 2.63 bits per heavy atom. The van der Waals surface area contributed by atoms with Crippen molar-refractivity contribution in [3.8, 4) is 0 Å². The van der Waals surface area contributed by atoms with Crippen LogP contribution in [0.1, 0.15) is 37.4 Å². The van der Waals surface area contributed by atoms with Gasteiger partial charge in [0.1, 0.15) is 4.83 Å². The van der Waals surface area contributed by atoms with Gasteiger partial charge in [-0.25, -0.2) is 4.98 Å². The molecule has 1 saturated heterocycles. The van der Waals surface area contributed by atoms with Gasteiger partial charge in [-0.05, 0) is 30.7 Å². The van der Waals surface area contributed by atoms with Crippen LogP contribution in [0, 0.1) is 0 Å². The number of carbonyl (C=O) groups excluding carboxylic acids is 2. The van der Waals surface area contributed by atoms with Crippen molar-refractivity contribution in [2.45, 2.75) is 38.3 Å². The first kappa shape index (κ1) is 20.3. The lowest BCUT2D eigenvalue weighted by Crippen LogP contribution is -2.40. The molecule has 8 heteroatoms. The number of piperidine rings is 1. The van der Waals surface area contributed by atoms with Crippen LogP contribution in [0.2, 0.25) is 0 Å². The van der Waals surface area contributed by atoms with Crippen molar-refractivity contribution >= 4 is 33.4 Å². The number of aromatic nitrogens is 2. The van der Waals surface area contributed by atoms with Gasteiger partial charge in [0.25, 0.3) is 11.5 Å². The molecular formula is C22H23N3O4S. The summed E-state index contributed by atoms with van der Waals surface area (Å²) in [5.41, 5.74) is 0.470. The lowest BCUT2D eigenvalue weighted by molar-refractivity contribution is -0.161. The molecule has 0 saturated carbocycles. The first-order valence-corrected chi connectivity index (χ1v) is 11.0. The molecule has 3 heterocycles. The van der Waals surface area contributed by atoms with Crippen molar-refractivity contribution in [3.63, 3.8) is 0 Å². The summed E-state index contributed by atoms with van der Waals surface area (Å²) in [4.78, 5) is 44.8. The number of carbonyl (C=O) groups is 2. The highest BCUT2D eigenvalue weighted by atomic mass is 32.1. The number of amides is 1. The van der Waals surface area contributed by atoms with Crippen LogP contribution in [0.5, 0.6) is 0 Å². The first-order chi connectivity index (χ1) is 14.6. The molecule has 2 aromatic heterocycles. The largest absolute Gasteiger partial charge is 0.447 e. The second kappa shape index (κ2) is 9.21. The highest BCUT2D eigenvalue weighted by molar-refractivity contribution is 7.16. The fourth-order valence-electron chi connectivity index (χ4n) is 3.62. The van der Waals surface area contributed by atoms with Crippen LogP contribution in [0.4, 0.5) is 0 Å². The van der Waals surface area contributed by atoms with E-state index in [1.54, 1.807) is 23.1 Å². The summed E-state index contributed by atoms with van der Waals surface area (Å²) >= 11 is 1.40. The summed E-state index contributed by atoms with van der Waals surface area (Å²) in [6.45, 7) is 1.51. The van der Waals surface area contributed by atoms with E-state index < -0.39 is 12.1 Å². The molecule has 156 valence electrons. The topological polar surface area (TPSA) is 81.5 Å². The van der Waals surface area contributed by atoms with Crippen molar-refractivity contribution in [1.29, 1.82) is 0 Å². The van der Waals surface area contributed by atoms with Gasteiger partial charge in [0, 0.05) is 25.2 Å². The lowest BCUT2D eigenvalue weighted by atomic mass is 10.1. The highest BCUT2D eigenvalue weighted by Gasteiger charge is 2.30. The molecule has 1 atom stereocenters. The number of esters is 1. The molecule has 1 fully saturated rings. The summed E-state index contributed by atoms with van der Waals surface area (Å²) in [6.07, 6.45) is 3.49. The zero-order valence-electron chi connectivity index (χ0n) is 16.5. The number of thiophene rings is 1. The number of benzene rings is 1. The Morgan fingerprint density at radius 1 is 1.10 bits per heavy atom. The van der Waals surface area contributed by atoms with Crippen molar-refractivity contribution in [3.05, 3.63) is 64.0 Å². The van der Waals surface area contributed by atoms with E-state index in [9.17, 15) is 14.4 Å². The number of rotatable bonds is 6. The maximum absolute atomic E-state index is 13.1. The second-order valence-electron chi connectivity index (χ2n) is 7.30. The third-order valence-electron chi connectivity index (χ3n) is 5.25. The minimum absolute atomic E-state index is 0.0200. The van der Waals surface area contributed by atoms with Gasteiger partial charge in [0.2, 0.25) is 6.10 Å². The van der Waals surface area contributed by atoms with E-state index in [-0.39, 0.29) is 24.4 Å². The van der Waals surface area contributed by atoms with Crippen LogP contribution in [0.3, 0.4) is 0 Å². The molecule has 1 aliphatic rings. The molecule has 0 spiro atoms. The van der Waals surface area contributed by atoms with Crippen molar-refractivity contribution < 1.29 is 14.3 Å². The molecule has 1 aliphatic heterocycles. The summed E-state index contributed by atoms with van der Waals surface area (Å²) in [6, 6.07) is 10.8. The maximum Gasteiger partial charge on any atom is 0.308 e. The Morgan fingerprint density at radius 2 is 1.87 bits per heavy atom. The molecule has 4 rings (SSSR count). The van der Waals surface area contributed by atoms with E-state index in [4.69, 9.17) is 4.74 Å². The predicted octanol–water partition coefficient (Wildman–Crippen LogP) is 3.15. The maximum atomic E-state index is 13.1. The number of likely N-dealkylation sites (tertiary alicyclic amines) is 1. The average Bonchev–Trinajstić information content (AvgIpc) is 3.27. The van der Waals surface area contributed by atoms with Crippen molar-refractivity contribution in [2.24, 2.45) is 0 Å². The standard InChI is InChI=1S/C22H23N3O4S/c26-18(9-13-25-15-23-20-17(21(25)27)10-14-30-20)29-19(16-7-3-1-4-8-16)22(28)24-11-5-2-6-12-24/h1,3-4,7-8,10,14-15,19H,2,5-6,9,11-13H2. The van der Waals surface area contributed by atoms with Gasteiger partial charge >= 0.3 is 5.97 Å².